The SMILES string of the molecule is CCOc1ccc([C@H]2C(C(=O)OC)=CN=c3s/c(=C/c4cc(C)n(-c5ccc(OCc6ccc(Cl)cc6)cc5)c4C)c(=O)n32)cc1OCC. The standard InChI is InChI=1S/C38H36ClN3O6S/c1-6-46-32-17-10-26(19-33(32)47-7-2)35-31(37(44)45-5)21-40-38-42(35)36(43)34(49-38)20-27-18-23(3)41(24(27)4)29-13-15-30(16-14-29)48-22-25-8-11-28(39)12-9-25/h8-21,35H,6-7,22H2,1-5H3/b34-20+/t35-/m0/s1. The van der Waals surface area contributed by atoms with Crippen molar-refractivity contribution in [3.8, 4) is 22.9 Å². The van der Waals surface area contributed by atoms with E-state index in [9.17, 15) is 9.59 Å². The third kappa shape index (κ3) is 6.93. The van der Waals surface area contributed by atoms with Gasteiger partial charge in [-0.2, -0.15) is 0 Å². The summed E-state index contributed by atoms with van der Waals surface area (Å²) in [6, 6.07) is 22.2. The van der Waals surface area contributed by atoms with Crippen LogP contribution in [0, 0.1) is 13.8 Å². The second-order valence-electron chi connectivity index (χ2n) is 11.3. The molecule has 0 spiro atoms. The highest BCUT2D eigenvalue weighted by molar-refractivity contribution is 7.07. The number of benzene rings is 3. The van der Waals surface area contributed by atoms with Crippen LogP contribution in [0.3, 0.4) is 0 Å². The first-order valence-corrected chi connectivity index (χ1v) is 17.1. The predicted molar refractivity (Wildman–Crippen MR) is 191 cm³/mol. The van der Waals surface area contributed by atoms with Gasteiger partial charge < -0.3 is 23.5 Å². The molecule has 49 heavy (non-hydrogen) atoms. The van der Waals surface area contributed by atoms with Crippen LogP contribution in [0.25, 0.3) is 11.8 Å². The molecular weight excluding hydrogens is 662 g/mol. The van der Waals surface area contributed by atoms with Gasteiger partial charge in [-0.15, -0.1) is 0 Å². The molecule has 0 aliphatic carbocycles. The van der Waals surface area contributed by atoms with Crippen LogP contribution in [0.15, 0.2) is 94.4 Å². The van der Waals surface area contributed by atoms with Gasteiger partial charge in [-0.3, -0.25) is 9.36 Å². The normalized spacial score (nSPS) is 14.1. The van der Waals surface area contributed by atoms with E-state index in [1.54, 1.807) is 16.7 Å². The van der Waals surface area contributed by atoms with Crippen LogP contribution in [0.5, 0.6) is 17.2 Å². The summed E-state index contributed by atoms with van der Waals surface area (Å²) in [6.07, 6.45) is 3.37. The topological polar surface area (TPSA) is 93.3 Å². The summed E-state index contributed by atoms with van der Waals surface area (Å²) in [7, 11) is 1.31. The molecule has 0 unspecified atom stereocenters. The highest BCUT2D eigenvalue weighted by Crippen LogP contribution is 2.35. The zero-order chi connectivity index (χ0) is 34.7. The minimum Gasteiger partial charge on any atom is -0.490 e. The molecule has 1 atom stereocenters. The number of esters is 1. The van der Waals surface area contributed by atoms with Gasteiger partial charge in [0, 0.05) is 28.3 Å². The summed E-state index contributed by atoms with van der Waals surface area (Å²) < 4.78 is 26.9. The number of carbonyl (C=O) groups excluding carboxylic acids is 1. The molecule has 9 nitrogen and oxygen atoms in total. The summed E-state index contributed by atoms with van der Waals surface area (Å²) in [4.78, 5) is 32.1. The number of carbonyl (C=O) groups is 1. The predicted octanol–water partition coefficient (Wildman–Crippen LogP) is 6.46. The number of fused-ring (bicyclic) bond motifs is 1. The average molecular weight is 698 g/mol. The Balaban J connectivity index is 1.34. The number of nitrogens with zero attached hydrogens (tertiary/aromatic N) is 3. The van der Waals surface area contributed by atoms with Gasteiger partial charge in [-0.05, 0) is 105 Å². The third-order valence-electron chi connectivity index (χ3n) is 8.18. The van der Waals surface area contributed by atoms with Crippen molar-refractivity contribution in [1.82, 2.24) is 9.13 Å². The van der Waals surface area contributed by atoms with Crippen LogP contribution in [0.4, 0.5) is 0 Å². The van der Waals surface area contributed by atoms with Gasteiger partial charge in [0.05, 0.1) is 36.5 Å². The van der Waals surface area contributed by atoms with Crippen molar-refractivity contribution < 1.29 is 23.7 Å². The van der Waals surface area contributed by atoms with E-state index in [-0.39, 0.29) is 11.1 Å². The molecule has 0 amide bonds. The van der Waals surface area contributed by atoms with Gasteiger partial charge in [-0.25, -0.2) is 9.79 Å². The van der Waals surface area contributed by atoms with Crippen molar-refractivity contribution in [2.45, 2.75) is 40.3 Å². The number of methoxy groups -OCH3 is 1. The number of halogens is 1. The van der Waals surface area contributed by atoms with E-state index < -0.39 is 12.0 Å². The number of hydrogen-bond acceptors (Lipinski definition) is 8. The molecule has 0 bridgehead atoms. The van der Waals surface area contributed by atoms with Crippen molar-refractivity contribution >= 4 is 35.0 Å². The summed E-state index contributed by atoms with van der Waals surface area (Å²) in [5.41, 5.74) is 5.53. The minimum atomic E-state index is -0.770. The summed E-state index contributed by atoms with van der Waals surface area (Å²) in [5, 5.41) is 0.690. The van der Waals surface area contributed by atoms with Crippen molar-refractivity contribution in [1.29, 1.82) is 0 Å². The minimum absolute atomic E-state index is 0.242. The van der Waals surface area contributed by atoms with E-state index in [4.69, 9.17) is 30.5 Å². The van der Waals surface area contributed by atoms with Gasteiger partial charge in [-0.1, -0.05) is 41.1 Å². The Morgan fingerprint density at radius 3 is 2.35 bits per heavy atom. The smallest absolute Gasteiger partial charge is 0.337 e. The lowest BCUT2D eigenvalue weighted by molar-refractivity contribution is -0.136. The number of hydrogen-bond donors (Lipinski definition) is 0. The van der Waals surface area contributed by atoms with Crippen LogP contribution in [-0.2, 0) is 16.1 Å². The molecule has 3 heterocycles. The quantitative estimate of drug-likeness (QED) is 0.147. The van der Waals surface area contributed by atoms with E-state index >= 15 is 0 Å². The molecule has 0 radical (unpaired) electrons. The molecule has 0 fully saturated rings. The number of ether oxygens (including phenoxy) is 4. The number of aromatic nitrogens is 2. The van der Waals surface area contributed by atoms with Crippen molar-refractivity contribution in [3.63, 3.8) is 0 Å². The first kappa shape index (κ1) is 33.8. The first-order chi connectivity index (χ1) is 23.7. The van der Waals surface area contributed by atoms with Gasteiger partial charge >= 0.3 is 5.97 Å². The number of aryl methyl sites for hydroxylation is 1. The van der Waals surface area contributed by atoms with Crippen LogP contribution in [0.1, 0.15) is 48.0 Å². The average Bonchev–Trinajstić information content (AvgIpc) is 3.58. The van der Waals surface area contributed by atoms with E-state index in [1.807, 2.05) is 88.4 Å². The fraction of sp³-hybridized carbons (Fsp3) is 0.237. The van der Waals surface area contributed by atoms with E-state index in [0.717, 1.165) is 34.0 Å². The monoisotopic (exact) mass is 697 g/mol. The van der Waals surface area contributed by atoms with Gasteiger partial charge in [0.1, 0.15) is 12.4 Å². The van der Waals surface area contributed by atoms with Gasteiger partial charge in [0.2, 0.25) is 0 Å². The van der Waals surface area contributed by atoms with E-state index in [2.05, 4.69) is 15.6 Å². The maximum absolute atomic E-state index is 14.1. The fourth-order valence-corrected chi connectivity index (χ4v) is 6.98. The Labute approximate surface area is 292 Å². The van der Waals surface area contributed by atoms with Crippen LogP contribution in [0.2, 0.25) is 5.02 Å². The maximum atomic E-state index is 14.1. The Bertz CT molecular complexity index is 2220. The highest BCUT2D eigenvalue weighted by Gasteiger charge is 2.31. The van der Waals surface area contributed by atoms with Crippen LogP contribution >= 0.6 is 22.9 Å². The summed E-state index contributed by atoms with van der Waals surface area (Å²) in [6.45, 7) is 9.16. The zero-order valence-electron chi connectivity index (χ0n) is 27.9. The largest absolute Gasteiger partial charge is 0.490 e. The molecule has 11 heteroatoms. The Morgan fingerprint density at radius 1 is 0.939 bits per heavy atom. The number of thiazole rings is 1. The van der Waals surface area contributed by atoms with Gasteiger partial charge in [0.15, 0.2) is 16.3 Å². The van der Waals surface area contributed by atoms with Crippen molar-refractivity contribution in [3.05, 3.63) is 137 Å². The molecule has 2 aromatic heterocycles. The molecule has 1 aliphatic heterocycles. The zero-order valence-corrected chi connectivity index (χ0v) is 29.4. The third-order valence-corrected chi connectivity index (χ3v) is 9.43. The second-order valence-corrected chi connectivity index (χ2v) is 12.8. The molecule has 0 N–H and O–H groups in total. The molecule has 6 rings (SSSR count). The molecule has 3 aromatic carbocycles. The van der Waals surface area contributed by atoms with Crippen LogP contribution in [-0.4, -0.2) is 35.4 Å². The molecular formula is C38H36ClN3O6S. The highest BCUT2D eigenvalue weighted by atomic mass is 35.5. The molecule has 5 aromatic rings. The summed E-state index contributed by atoms with van der Waals surface area (Å²) >= 11 is 7.26. The molecule has 0 saturated carbocycles. The lowest BCUT2D eigenvalue weighted by atomic mass is 9.97. The first-order valence-electron chi connectivity index (χ1n) is 15.9. The van der Waals surface area contributed by atoms with Gasteiger partial charge in [0.25, 0.3) is 5.56 Å². The van der Waals surface area contributed by atoms with E-state index in [0.29, 0.717) is 51.2 Å². The second kappa shape index (κ2) is 14.6. The lowest BCUT2D eigenvalue weighted by Crippen LogP contribution is -2.39. The van der Waals surface area contributed by atoms with E-state index in [1.165, 1.54) is 24.6 Å². The fourth-order valence-electron chi connectivity index (χ4n) is 5.90. The van der Waals surface area contributed by atoms with Crippen LogP contribution < -0.4 is 29.1 Å². The summed E-state index contributed by atoms with van der Waals surface area (Å²) in [5.74, 6) is 1.29. The Kier molecular flexibility index (Phi) is 10.1. The lowest BCUT2D eigenvalue weighted by Gasteiger charge is -2.23. The Hall–Kier alpha value is -5.06. The molecule has 0 saturated heterocycles. The maximum Gasteiger partial charge on any atom is 0.337 e. The molecule has 1 aliphatic rings. The van der Waals surface area contributed by atoms with Crippen molar-refractivity contribution in [2.24, 2.45) is 4.99 Å². The Morgan fingerprint density at radius 2 is 1.65 bits per heavy atom. The van der Waals surface area contributed by atoms with Crippen molar-refractivity contribution in [2.75, 3.05) is 20.3 Å². The molecule has 252 valence electrons. The number of rotatable bonds is 11.